The minimum Gasteiger partial charge on any atom is -0.355 e. The molecular weight excluding hydrogens is 358 g/mol. The molecule has 8 nitrogen and oxygen atoms in total. The van der Waals surface area contributed by atoms with Gasteiger partial charge in [0.05, 0.1) is 11.8 Å². The van der Waals surface area contributed by atoms with Crippen LogP contribution in [0, 0.1) is 11.8 Å². The Morgan fingerprint density at radius 1 is 1.04 bits per heavy atom. The molecule has 2 aliphatic rings. The van der Waals surface area contributed by atoms with Crippen LogP contribution >= 0.6 is 0 Å². The van der Waals surface area contributed by atoms with Crippen LogP contribution in [0.2, 0.25) is 0 Å². The zero-order valence-electron chi connectivity index (χ0n) is 16.2. The van der Waals surface area contributed by atoms with Gasteiger partial charge in [0.15, 0.2) is 0 Å². The van der Waals surface area contributed by atoms with Crippen molar-refractivity contribution in [3.8, 4) is 0 Å². The normalized spacial score (nSPS) is 22.6. The van der Waals surface area contributed by atoms with Crippen LogP contribution in [0.25, 0.3) is 0 Å². The fourth-order valence-electron chi connectivity index (χ4n) is 4.03. The predicted octanol–water partition coefficient (Wildman–Crippen LogP) is 0.247. The number of rotatable bonds is 5. The minimum atomic E-state index is -0.203. The quantitative estimate of drug-likeness (QED) is 0.753. The molecule has 0 spiro atoms. The molecule has 3 heterocycles. The van der Waals surface area contributed by atoms with Gasteiger partial charge in [0, 0.05) is 57.2 Å². The van der Waals surface area contributed by atoms with E-state index in [9.17, 15) is 14.4 Å². The molecule has 1 aromatic heterocycles. The molecule has 0 aromatic carbocycles. The number of amides is 3. The summed E-state index contributed by atoms with van der Waals surface area (Å²) in [7, 11) is 0. The van der Waals surface area contributed by atoms with E-state index in [0.717, 1.165) is 25.7 Å². The van der Waals surface area contributed by atoms with Gasteiger partial charge in [-0.2, -0.15) is 0 Å². The van der Waals surface area contributed by atoms with Crippen LogP contribution in [-0.2, 0) is 9.59 Å². The van der Waals surface area contributed by atoms with E-state index in [1.165, 1.54) is 0 Å². The molecule has 2 saturated heterocycles. The fraction of sp³-hybridized carbons (Fsp3) is 0.600. The highest BCUT2D eigenvalue weighted by Gasteiger charge is 2.35. The highest BCUT2D eigenvalue weighted by Crippen LogP contribution is 2.24. The van der Waals surface area contributed by atoms with Crippen molar-refractivity contribution in [1.82, 2.24) is 20.1 Å². The Hall–Kier alpha value is -2.48. The number of aromatic nitrogens is 1. The van der Waals surface area contributed by atoms with E-state index in [1.807, 2.05) is 0 Å². The van der Waals surface area contributed by atoms with Crippen LogP contribution < -0.4 is 11.1 Å². The van der Waals surface area contributed by atoms with Gasteiger partial charge in [0.1, 0.15) is 0 Å². The summed E-state index contributed by atoms with van der Waals surface area (Å²) >= 11 is 0. The summed E-state index contributed by atoms with van der Waals surface area (Å²) in [5.41, 5.74) is 6.04. The third-order valence-corrected chi connectivity index (χ3v) is 5.53. The fourth-order valence-corrected chi connectivity index (χ4v) is 4.03. The van der Waals surface area contributed by atoms with E-state index in [-0.39, 0.29) is 29.6 Å². The van der Waals surface area contributed by atoms with Crippen molar-refractivity contribution < 1.29 is 14.4 Å². The van der Waals surface area contributed by atoms with Gasteiger partial charge in [0.25, 0.3) is 5.91 Å². The maximum Gasteiger partial charge on any atom is 0.253 e. The van der Waals surface area contributed by atoms with Crippen molar-refractivity contribution in [1.29, 1.82) is 0 Å². The zero-order chi connectivity index (χ0) is 19.9. The smallest absolute Gasteiger partial charge is 0.253 e. The number of carbonyl (C=O) groups excluding carboxylic acids is 3. The topological polar surface area (TPSA) is 109 Å². The molecule has 2 atom stereocenters. The molecule has 3 rings (SSSR count). The van der Waals surface area contributed by atoms with Gasteiger partial charge in [-0.25, -0.2) is 0 Å². The first-order valence-corrected chi connectivity index (χ1v) is 10.1. The summed E-state index contributed by atoms with van der Waals surface area (Å²) in [6.45, 7) is 3.08. The maximum atomic E-state index is 13.1. The first-order valence-electron chi connectivity index (χ1n) is 10.1. The van der Waals surface area contributed by atoms with Crippen molar-refractivity contribution in [2.24, 2.45) is 17.6 Å². The second-order valence-corrected chi connectivity index (χ2v) is 7.53. The van der Waals surface area contributed by atoms with Crippen LogP contribution in [-0.4, -0.2) is 71.8 Å². The number of hydrogen-bond acceptors (Lipinski definition) is 5. The first kappa shape index (κ1) is 20.3. The van der Waals surface area contributed by atoms with E-state index in [1.54, 1.807) is 34.3 Å². The monoisotopic (exact) mass is 387 g/mol. The Labute approximate surface area is 165 Å². The second kappa shape index (κ2) is 9.64. The molecule has 152 valence electrons. The summed E-state index contributed by atoms with van der Waals surface area (Å²) in [6.07, 6.45) is 6.39. The molecule has 0 saturated carbocycles. The Kier molecular flexibility index (Phi) is 6.97. The molecule has 28 heavy (non-hydrogen) atoms. The van der Waals surface area contributed by atoms with Gasteiger partial charge in [0.2, 0.25) is 11.8 Å². The Morgan fingerprint density at radius 3 is 2.39 bits per heavy atom. The highest BCUT2D eigenvalue weighted by molar-refractivity contribution is 5.94. The second-order valence-electron chi connectivity index (χ2n) is 7.53. The molecule has 3 amide bonds. The number of nitrogens with zero attached hydrogens (tertiary/aromatic N) is 3. The molecule has 1 aromatic rings. The predicted molar refractivity (Wildman–Crippen MR) is 104 cm³/mol. The Bertz CT molecular complexity index is 696. The van der Waals surface area contributed by atoms with E-state index in [0.29, 0.717) is 44.8 Å². The first-order chi connectivity index (χ1) is 13.6. The third kappa shape index (κ3) is 4.86. The number of piperidine rings is 2. The lowest BCUT2D eigenvalue weighted by molar-refractivity contribution is -0.140. The van der Waals surface area contributed by atoms with Crippen molar-refractivity contribution >= 4 is 17.7 Å². The highest BCUT2D eigenvalue weighted by atomic mass is 16.2. The molecule has 8 heteroatoms. The molecule has 2 unspecified atom stereocenters. The molecule has 0 aliphatic carbocycles. The third-order valence-electron chi connectivity index (χ3n) is 5.53. The van der Waals surface area contributed by atoms with Crippen molar-refractivity contribution in [2.75, 3.05) is 39.3 Å². The summed E-state index contributed by atoms with van der Waals surface area (Å²) in [5, 5.41) is 2.82. The van der Waals surface area contributed by atoms with Gasteiger partial charge in [-0.1, -0.05) is 0 Å². The summed E-state index contributed by atoms with van der Waals surface area (Å²) < 4.78 is 0. The molecular formula is C20H29N5O3. The Balaban J connectivity index is 1.59. The van der Waals surface area contributed by atoms with Crippen LogP contribution in [0.5, 0.6) is 0 Å². The van der Waals surface area contributed by atoms with Gasteiger partial charge >= 0.3 is 0 Å². The van der Waals surface area contributed by atoms with Crippen molar-refractivity contribution in [3.05, 3.63) is 30.1 Å². The van der Waals surface area contributed by atoms with Crippen molar-refractivity contribution in [2.45, 2.75) is 25.7 Å². The molecule has 3 N–H and O–H groups in total. The van der Waals surface area contributed by atoms with E-state index in [4.69, 9.17) is 5.73 Å². The number of nitrogens with one attached hydrogen (secondary N) is 1. The van der Waals surface area contributed by atoms with Crippen LogP contribution in [0.3, 0.4) is 0 Å². The van der Waals surface area contributed by atoms with Gasteiger partial charge in [-0.3, -0.25) is 19.4 Å². The molecule has 2 fully saturated rings. The number of carbonyl (C=O) groups is 3. The summed E-state index contributed by atoms with van der Waals surface area (Å²) in [5.74, 6) is -0.407. The van der Waals surface area contributed by atoms with Gasteiger partial charge < -0.3 is 20.9 Å². The average molecular weight is 387 g/mol. The van der Waals surface area contributed by atoms with Gasteiger partial charge in [-0.15, -0.1) is 0 Å². The summed E-state index contributed by atoms with van der Waals surface area (Å²) in [4.78, 5) is 45.5. The lowest BCUT2D eigenvalue weighted by Crippen LogP contribution is -2.51. The summed E-state index contributed by atoms with van der Waals surface area (Å²) in [6, 6.07) is 3.39. The lowest BCUT2D eigenvalue weighted by Gasteiger charge is -2.38. The SMILES string of the molecule is NCCNC(=O)C1CCCN(C(=O)C2CCCN(C(=O)c3ccncc3)C2)C1. The molecule has 2 aliphatic heterocycles. The van der Waals surface area contributed by atoms with Crippen LogP contribution in [0.1, 0.15) is 36.0 Å². The largest absolute Gasteiger partial charge is 0.355 e. The standard InChI is InChI=1S/C20H29N5O3/c21-7-10-23-18(26)16-3-1-11-24(13-16)20(28)17-4-2-12-25(14-17)19(27)15-5-8-22-9-6-15/h5-6,8-9,16-17H,1-4,7,10-14,21H2,(H,23,26). The number of pyridine rings is 1. The molecule has 0 bridgehead atoms. The number of nitrogens with two attached hydrogens (primary N) is 1. The lowest BCUT2D eigenvalue weighted by atomic mass is 9.92. The van der Waals surface area contributed by atoms with E-state index in [2.05, 4.69) is 10.3 Å². The van der Waals surface area contributed by atoms with E-state index < -0.39 is 0 Å². The number of likely N-dealkylation sites (tertiary alicyclic amines) is 2. The maximum absolute atomic E-state index is 13.1. The van der Waals surface area contributed by atoms with Crippen LogP contribution in [0.15, 0.2) is 24.5 Å². The van der Waals surface area contributed by atoms with E-state index >= 15 is 0 Å². The molecule has 0 radical (unpaired) electrons. The average Bonchev–Trinajstić information content (AvgIpc) is 2.77. The number of hydrogen-bond donors (Lipinski definition) is 2. The van der Waals surface area contributed by atoms with Gasteiger partial charge in [-0.05, 0) is 37.8 Å². The van der Waals surface area contributed by atoms with Crippen LogP contribution in [0.4, 0.5) is 0 Å². The van der Waals surface area contributed by atoms with Crippen molar-refractivity contribution in [3.63, 3.8) is 0 Å². The Morgan fingerprint density at radius 2 is 1.68 bits per heavy atom. The zero-order valence-corrected chi connectivity index (χ0v) is 16.2. The minimum absolute atomic E-state index is 0.0268.